The Bertz CT molecular complexity index is 577. The third-order valence-electron chi connectivity index (χ3n) is 3.96. The first-order valence-corrected chi connectivity index (χ1v) is 7.91. The predicted molar refractivity (Wildman–Crippen MR) is 84.9 cm³/mol. The number of fused-ring (bicyclic) bond motifs is 2. The van der Waals surface area contributed by atoms with Gasteiger partial charge in [0.25, 0.3) is 0 Å². The molecule has 2 aliphatic rings. The molecule has 2 heterocycles. The van der Waals surface area contributed by atoms with Crippen LogP contribution in [0, 0.1) is 11.8 Å². The van der Waals surface area contributed by atoms with Crippen molar-refractivity contribution in [3.63, 3.8) is 0 Å². The molecule has 1 aromatic carbocycles. The van der Waals surface area contributed by atoms with Gasteiger partial charge in [0.2, 0.25) is 0 Å². The van der Waals surface area contributed by atoms with Crippen molar-refractivity contribution in [1.29, 1.82) is 0 Å². The maximum atomic E-state index is 5.98. The summed E-state index contributed by atoms with van der Waals surface area (Å²) in [6.45, 7) is 8.40. The van der Waals surface area contributed by atoms with Crippen LogP contribution < -0.4 is 10.5 Å². The van der Waals surface area contributed by atoms with Gasteiger partial charge in [0, 0.05) is 5.56 Å². The number of amidine groups is 1. The summed E-state index contributed by atoms with van der Waals surface area (Å²) in [6.07, 6.45) is 1.15. The third-order valence-corrected chi connectivity index (χ3v) is 3.96. The fourth-order valence-electron chi connectivity index (χ4n) is 3.11. The largest absolute Gasteiger partial charge is 0.493 e. The molecule has 22 heavy (non-hydrogen) atoms. The lowest BCUT2D eigenvalue weighted by Crippen LogP contribution is -2.22. The molecule has 0 amide bonds. The van der Waals surface area contributed by atoms with Crippen molar-refractivity contribution in [1.82, 2.24) is 0 Å². The van der Waals surface area contributed by atoms with Crippen molar-refractivity contribution in [3.8, 4) is 5.75 Å². The van der Waals surface area contributed by atoms with E-state index in [0.717, 1.165) is 23.3 Å². The van der Waals surface area contributed by atoms with Crippen LogP contribution in [0.5, 0.6) is 5.75 Å². The molecule has 5 heteroatoms. The van der Waals surface area contributed by atoms with Crippen molar-refractivity contribution in [2.75, 3.05) is 19.8 Å². The lowest BCUT2D eigenvalue weighted by Gasteiger charge is -2.20. The van der Waals surface area contributed by atoms with Gasteiger partial charge in [-0.15, -0.1) is 0 Å². The minimum atomic E-state index is -1.05. The molecule has 120 valence electrons. The Morgan fingerprint density at radius 3 is 2.68 bits per heavy atom. The minimum absolute atomic E-state index is 0.455. The number of ether oxygens (including phenoxy) is 3. The number of hydrogen-bond donors (Lipinski definition) is 1. The Hall–Kier alpha value is -1.59. The van der Waals surface area contributed by atoms with E-state index in [1.807, 2.05) is 18.2 Å². The average Bonchev–Trinajstić information content (AvgIpc) is 3.03. The molecular formula is C17H24N2O3. The van der Waals surface area contributed by atoms with Crippen LogP contribution in [0.4, 0.5) is 0 Å². The van der Waals surface area contributed by atoms with E-state index in [-0.39, 0.29) is 0 Å². The fourth-order valence-corrected chi connectivity index (χ4v) is 3.11. The average molecular weight is 304 g/mol. The van der Waals surface area contributed by atoms with Crippen LogP contribution in [-0.4, -0.2) is 25.7 Å². The molecule has 2 aliphatic heterocycles. The molecule has 0 aromatic heterocycles. The Morgan fingerprint density at radius 2 is 2.00 bits per heavy atom. The zero-order chi connectivity index (χ0) is 15.7. The van der Waals surface area contributed by atoms with Gasteiger partial charge in [0.1, 0.15) is 11.6 Å². The first kappa shape index (κ1) is 15.3. The summed E-state index contributed by atoms with van der Waals surface area (Å²) in [6, 6.07) is 5.79. The normalized spacial score (nSPS) is 20.3. The molecule has 1 fully saturated rings. The van der Waals surface area contributed by atoms with Crippen LogP contribution in [0.2, 0.25) is 0 Å². The van der Waals surface area contributed by atoms with E-state index in [1.165, 1.54) is 0 Å². The summed E-state index contributed by atoms with van der Waals surface area (Å²) in [7, 11) is 0. The summed E-state index contributed by atoms with van der Waals surface area (Å²) < 4.78 is 17.3. The molecule has 0 radical (unpaired) electrons. The predicted octanol–water partition coefficient (Wildman–Crippen LogP) is 2.62. The van der Waals surface area contributed by atoms with Crippen molar-refractivity contribution >= 4 is 5.84 Å². The second-order valence-corrected chi connectivity index (χ2v) is 6.53. The number of aliphatic imine (C=N–C) groups is 1. The van der Waals surface area contributed by atoms with Crippen molar-refractivity contribution in [3.05, 3.63) is 29.3 Å². The number of rotatable bonds is 5. The van der Waals surface area contributed by atoms with E-state index in [1.54, 1.807) is 0 Å². The zero-order valence-corrected chi connectivity index (χ0v) is 13.5. The van der Waals surface area contributed by atoms with Crippen LogP contribution in [0.3, 0.4) is 0 Å². The number of hydrogen-bond acceptors (Lipinski definition) is 5. The summed E-state index contributed by atoms with van der Waals surface area (Å²) in [5, 5.41) is 0. The minimum Gasteiger partial charge on any atom is -0.493 e. The molecule has 1 aromatic rings. The van der Waals surface area contributed by atoms with Gasteiger partial charge in [0.15, 0.2) is 0 Å². The summed E-state index contributed by atoms with van der Waals surface area (Å²) in [5.74, 6) is 1.40. The van der Waals surface area contributed by atoms with E-state index in [4.69, 9.17) is 19.9 Å². The van der Waals surface area contributed by atoms with Gasteiger partial charge in [-0.1, -0.05) is 20.8 Å². The highest BCUT2D eigenvalue weighted by Crippen LogP contribution is 2.41. The maximum Gasteiger partial charge on any atom is 0.300 e. The highest BCUT2D eigenvalue weighted by atomic mass is 16.8. The molecule has 1 atom stereocenters. The second kappa shape index (κ2) is 5.89. The van der Waals surface area contributed by atoms with Gasteiger partial charge in [-0.2, -0.15) is 0 Å². The summed E-state index contributed by atoms with van der Waals surface area (Å²) in [4.78, 5) is 4.36. The molecule has 1 spiro atoms. The number of nitrogens with zero attached hydrogens (tertiary/aromatic N) is 1. The van der Waals surface area contributed by atoms with Gasteiger partial charge in [0.05, 0.1) is 25.4 Å². The monoisotopic (exact) mass is 304 g/mol. The molecular weight excluding hydrogens is 280 g/mol. The van der Waals surface area contributed by atoms with E-state index in [0.29, 0.717) is 37.5 Å². The molecule has 1 saturated heterocycles. The molecule has 2 N–H and O–H groups in total. The summed E-state index contributed by atoms with van der Waals surface area (Å²) >= 11 is 0. The first-order valence-electron chi connectivity index (χ1n) is 7.91. The molecule has 3 rings (SSSR count). The standard InChI is InChI=1S/C17H24N2O3/c1-11(2)8-12(3)10-20-13-4-5-14-15(9-13)17(19-16(14)18)21-6-7-22-17/h4-5,9,11-12H,6-8,10H2,1-3H3,(H2,18,19). The summed E-state index contributed by atoms with van der Waals surface area (Å²) in [5.41, 5.74) is 7.69. The van der Waals surface area contributed by atoms with Crippen molar-refractivity contribution in [2.45, 2.75) is 33.1 Å². The van der Waals surface area contributed by atoms with Gasteiger partial charge in [-0.3, -0.25) is 0 Å². The smallest absolute Gasteiger partial charge is 0.300 e. The fraction of sp³-hybridized carbons (Fsp3) is 0.588. The van der Waals surface area contributed by atoms with Crippen molar-refractivity contribution < 1.29 is 14.2 Å². The van der Waals surface area contributed by atoms with Gasteiger partial charge in [-0.05, 0) is 36.5 Å². The van der Waals surface area contributed by atoms with Crippen LogP contribution >= 0.6 is 0 Å². The van der Waals surface area contributed by atoms with E-state index >= 15 is 0 Å². The Kier molecular flexibility index (Phi) is 4.10. The molecule has 0 saturated carbocycles. The topological polar surface area (TPSA) is 66.1 Å². The molecule has 0 bridgehead atoms. The SMILES string of the molecule is CC(C)CC(C)COc1ccc2c(c1)C1(N=C2N)OCCO1. The molecule has 0 aliphatic carbocycles. The Balaban J connectivity index is 1.75. The highest BCUT2D eigenvalue weighted by Gasteiger charge is 2.45. The van der Waals surface area contributed by atoms with E-state index in [9.17, 15) is 0 Å². The van der Waals surface area contributed by atoms with E-state index < -0.39 is 5.91 Å². The number of benzene rings is 1. The van der Waals surface area contributed by atoms with Crippen LogP contribution in [0.25, 0.3) is 0 Å². The Labute approximate surface area is 131 Å². The third kappa shape index (κ3) is 2.83. The lowest BCUT2D eigenvalue weighted by atomic mass is 10.00. The quantitative estimate of drug-likeness (QED) is 0.908. The van der Waals surface area contributed by atoms with Crippen molar-refractivity contribution in [2.24, 2.45) is 22.6 Å². The number of nitrogens with two attached hydrogens (primary N) is 1. The van der Waals surface area contributed by atoms with Gasteiger partial charge < -0.3 is 19.9 Å². The van der Waals surface area contributed by atoms with Gasteiger partial charge in [-0.25, -0.2) is 4.99 Å². The van der Waals surface area contributed by atoms with E-state index in [2.05, 4.69) is 25.8 Å². The zero-order valence-electron chi connectivity index (χ0n) is 13.5. The maximum absolute atomic E-state index is 5.98. The van der Waals surface area contributed by atoms with Crippen LogP contribution in [0.15, 0.2) is 23.2 Å². The highest BCUT2D eigenvalue weighted by molar-refractivity contribution is 6.01. The Morgan fingerprint density at radius 1 is 1.27 bits per heavy atom. The lowest BCUT2D eigenvalue weighted by molar-refractivity contribution is -0.155. The molecule has 1 unspecified atom stereocenters. The second-order valence-electron chi connectivity index (χ2n) is 6.53. The van der Waals surface area contributed by atoms with Gasteiger partial charge >= 0.3 is 5.91 Å². The van der Waals surface area contributed by atoms with Crippen LogP contribution in [-0.2, 0) is 15.4 Å². The first-order chi connectivity index (χ1) is 10.5. The van der Waals surface area contributed by atoms with Crippen LogP contribution in [0.1, 0.15) is 38.3 Å². The molecule has 5 nitrogen and oxygen atoms in total.